The van der Waals surface area contributed by atoms with Gasteiger partial charge in [0.05, 0.1) is 11.1 Å². The summed E-state index contributed by atoms with van der Waals surface area (Å²) in [7, 11) is 3.99. The molecule has 2 heterocycles. The SMILES string of the molecule is CN[C@@H]1CCCC[C@@H]1N(C)c1ccc2c(c1)C(=O)N(C1CCC(=O)NC1=O)C2=O. The van der Waals surface area contributed by atoms with Gasteiger partial charge in [0.2, 0.25) is 11.8 Å². The van der Waals surface area contributed by atoms with Gasteiger partial charge in [0.25, 0.3) is 11.8 Å². The second-order valence-electron chi connectivity index (χ2n) is 8.03. The zero-order valence-electron chi connectivity index (χ0n) is 16.7. The van der Waals surface area contributed by atoms with E-state index >= 15 is 0 Å². The second kappa shape index (κ2) is 7.59. The number of piperidine rings is 1. The fourth-order valence-electron chi connectivity index (χ4n) is 4.78. The molecule has 1 aromatic carbocycles. The molecule has 0 aromatic heterocycles. The summed E-state index contributed by atoms with van der Waals surface area (Å²) in [5, 5.41) is 5.61. The summed E-state index contributed by atoms with van der Waals surface area (Å²) in [5.41, 5.74) is 1.51. The van der Waals surface area contributed by atoms with Crippen molar-refractivity contribution in [3.05, 3.63) is 29.3 Å². The number of carbonyl (C=O) groups is 4. The molecular weight excluding hydrogens is 372 g/mol. The van der Waals surface area contributed by atoms with Gasteiger partial charge in [-0.3, -0.25) is 29.4 Å². The maximum absolute atomic E-state index is 13.0. The largest absolute Gasteiger partial charge is 0.370 e. The van der Waals surface area contributed by atoms with Crippen molar-refractivity contribution >= 4 is 29.3 Å². The third-order valence-corrected chi connectivity index (χ3v) is 6.43. The molecule has 1 aliphatic carbocycles. The van der Waals surface area contributed by atoms with Crippen LogP contribution in [0.5, 0.6) is 0 Å². The van der Waals surface area contributed by atoms with Gasteiger partial charge >= 0.3 is 0 Å². The molecule has 1 unspecified atom stereocenters. The van der Waals surface area contributed by atoms with Gasteiger partial charge in [0, 0.05) is 31.2 Å². The van der Waals surface area contributed by atoms with E-state index in [1.807, 2.05) is 20.2 Å². The third-order valence-electron chi connectivity index (χ3n) is 6.43. The van der Waals surface area contributed by atoms with Gasteiger partial charge in [-0.15, -0.1) is 0 Å². The zero-order valence-corrected chi connectivity index (χ0v) is 16.7. The Balaban J connectivity index is 1.60. The van der Waals surface area contributed by atoms with Crippen LogP contribution >= 0.6 is 0 Å². The number of nitrogens with one attached hydrogen (secondary N) is 2. The lowest BCUT2D eigenvalue weighted by molar-refractivity contribution is -0.136. The van der Waals surface area contributed by atoms with E-state index in [9.17, 15) is 19.2 Å². The van der Waals surface area contributed by atoms with E-state index in [0.717, 1.165) is 23.4 Å². The highest BCUT2D eigenvalue weighted by Gasteiger charge is 2.44. The number of amides is 4. The number of fused-ring (bicyclic) bond motifs is 1. The molecule has 4 amide bonds. The highest BCUT2D eigenvalue weighted by atomic mass is 16.2. The summed E-state index contributed by atoms with van der Waals surface area (Å²) in [5.74, 6) is -1.91. The van der Waals surface area contributed by atoms with Crippen LogP contribution in [-0.2, 0) is 9.59 Å². The van der Waals surface area contributed by atoms with Gasteiger partial charge in [0.1, 0.15) is 6.04 Å². The fourth-order valence-corrected chi connectivity index (χ4v) is 4.78. The van der Waals surface area contributed by atoms with Crippen LogP contribution < -0.4 is 15.5 Å². The van der Waals surface area contributed by atoms with E-state index < -0.39 is 23.8 Å². The second-order valence-corrected chi connectivity index (χ2v) is 8.03. The van der Waals surface area contributed by atoms with Crippen LogP contribution in [0.1, 0.15) is 59.2 Å². The molecule has 4 rings (SSSR count). The average Bonchev–Trinajstić information content (AvgIpc) is 2.97. The summed E-state index contributed by atoms with van der Waals surface area (Å²) in [6, 6.07) is 5.03. The van der Waals surface area contributed by atoms with E-state index in [0.29, 0.717) is 23.2 Å². The Morgan fingerprint density at radius 2 is 1.76 bits per heavy atom. The van der Waals surface area contributed by atoms with E-state index in [1.54, 1.807) is 12.1 Å². The molecule has 2 N–H and O–H groups in total. The Kier molecular flexibility index (Phi) is 5.12. The molecule has 8 heteroatoms. The Labute approximate surface area is 169 Å². The van der Waals surface area contributed by atoms with Crippen LogP contribution in [0.15, 0.2) is 18.2 Å². The number of carbonyl (C=O) groups excluding carboxylic acids is 4. The lowest BCUT2D eigenvalue weighted by Crippen LogP contribution is -2.54. The van der Waals surface area contributed by atoms with Crippen molar-refractivity contribution in [1.82, 2.24) is 15.5 Å². The molecule has 3 atom stereocenters. The average molecular weight is 398 g/mol. The molecule has 2 aliphatic heterocycles. The summed E-state index contributed by atoms with van der Waals surface area (Å²) in [4.78, 5) is 52.6. The highest BCUT2D eigenvalue weighted by molar-refractivity contribution is 6.23. The molecule has 2 fully saturated rings. The van der Waals surface area contributed by atoms with E-state index in [4.69, 9.17) is 0 Å². The maximum atomic E-state index is 13.0. The van der Waals surface area contributed by atoms with Crippen LogP contribution in [-0.4, -0.2) is 60.7 Å². The quantitative estimate of drug-likeness (QED) is 0.736. The summed E-state index contributed by atoms with van der Waals surface area (Å²) < 4.78 is 0. The van der Waals surface area contributed by atoms with Crippen molar-refractivity contribution in [3.8, 4) is 0 Å². The fraction of sp³-hybridized carbons (Fsp3) is 0.524. The van der Waals surface area contributed by atoms with Crippen molar-refractivity contribution in [2.45, 2.75) is 56.7 Å². The predicted octanol–water partition coefficient (Wildman–Crippen LogP) is 1.05. The number of imide groups is 2. The van der Waals surface area contributed by atoms with Gasteiger partial charge in [-0.1, -0.05) is 12.8 Å². The van der Waals surface area contributed by atoms with Crippen molar-refractivity contribution in [1.29, 1.82) is 0 Å². The first-order valence-electron chi connectivity index (χ1n) is 10.2. The molecule has 0 radical (unpaired) electrons. The standard InChI is InChI=1S/C21H26N4O4/c1-22-15-5-3-4-6-16(15)24(2)12-7-8-13-14(11-12)21(29)25(20(13)28)17-9-10-18(26)23-19(17)27/h7-8,11,15-17,22H,3-6,9-10H2,1-2H3,(H,23,26,27)/t15-,16+,17?/m1/s1. The van der Waals surface area contributed by atoms with Crippen LogP contribution in [0, 0.1) is 0 Å². The molecule has 3 aliphatic rings. The number of rotatable bonds is 4. The number of anilines is 1. The van der Waals surface area contributed by atoms with Crippen LogP contribution in [0.25, 0.3) is 0 Å². The van der Waals surface area contributed by atoms with Crippen molar-refractivity contribution < 1.29 is 19.2 Å². The van der Waals surface area contributed by atoms with Gasteiger partial charge in [-0.2, -0.15) is 0 Å². The monoisotopic (exact) mass is 398 g/mol. The first-order valence-corrected chi connectivity index (χ1v) is 10.2. The molecular formula is C21H26N4O4. The van der Waals surface area contributed by atoms with E-state index in [2.05, 4.69) is 15.5 Å². The minimum atomic E-state index is -0.937. The molecule has 0 spiro atoms. The van der Waals surface area contributed by atoms with Crippen LogP contribution in [0.2, 0.25) is 0 Å². The zero-order chi connectivity index (χ0) is 20.7. The predicted molar refractivity (Wildman–Crippen MR) is 107 cm³/mol. The molecule has 154 valence electrons. The Morgan fingerprint density at radius 3 is 2.48 bits per heavy atom. The lowest BCUT2D eigenvalue weighted by atomic mass is 9.89. The smallest absolute Gasteiger partial charge is 0.262 e. The minimum absolute atomic E-state index is 0.116. The van der Waals surface area contributed by atoms with Crippen LogP contribution in [0.3, 0.4) is 0 Å². The van der Waals surface area contributed by atoms with Crippen molar-refractivity contribution in [2.24, 2.45) is 0 Å². The normalized spacial score (nSPS) is 27.1. The topological polar surface area (TPSA) is 98.8 Å². The Hall–Kier alpha value is -2.74. The number of hydrogen-bond donors (Lipinski definition) is 2. The third kappa shape index (κ3) is 3.31. The number of benzene rings is 1. The molecule has 8 nitrogen and oxygen atoms in total. The van der Waals surface area contributed by atoms with Gasteiger partial charge in [-0.25, -0.2) is 0 Å². The van der Waals surface area contributed by atoms with Crippen molar-refractivity contribution in [3.63, 3.8) is 0 Å². The van der Waals surface area contributed by atoms with Gasteiger partial charge in [-0.05, 0) is 44.5 Å². The Morgan fingerprint density at radius 1 is 1.03 bits per heavy atom. The molecule has 0 bridgehead atoms. The highest BCUT2D eigenvalue weighted by Crippen LogP contribution is 2.32. The van der Waals surface area contributed by atoms with E-state index in [-0.39, 0.29) is 18.7 Å². The van der Waals surface area contributed by atoms with Gasteiger partial charge in [0.15, 0.2) is 0 Å². The minimum Gasteiger partial charge on any atom is -0.370 e. The summed E-state index contributed by atoms with van der Waals surface area (Å²) in [6.45, 7) is 0. The molecule has 1 saturated carbocycles. The first-order chi connectivity index (χ1) is 13.9. The van der Waals surface area contributed by atoms with Crippen molar-refractivity contribution in [2.75, 3.05) is 19.0 Å². The maximum Gasteiger partial charge on any atom is 0.262 e. The molecule has 1 aromatic rings. The number of nitrogens with zero attached hydrogens (tertiary/aromatic N) is 2. The molecule has 1 saturated heterocycles. The summed E-state index contributed by atoms with van der Waals surface area (Å²) >= 11 is 0. The first kappa shape index (κ1) is 19.6. The number of hydrogen-bond acceptors (Lipinski definition) is 6. The lowest BCUT2D eigenvalue weighted by Gasteiger charge is -2.39. The number of likely N-dealkylation sites (N-methyl/N-ethyl adjacent to an activating group) is 2. The van der Waals surface area contributed by atoms with E-state index in [1.165, 1.54) is 12.8 Å². The summed E-state index contributed by atoms with van der Waals surface area (Å²) in [6.07, 6.45) is 4.82. The van der Waals surface area contributed by atoms with Gasteiger partial charge < -0.3 is 10.2 Å². The van der Waals surface area contributed by atoms with Crippen LogP contribution in [0.4, 0.5) is 5.69 Å². The molecule has 29 heavy (non-hydrogen) atoms. The Bertz CT molecular complexity index is 883.